The Kier molecular flexibility index (Phi) is 6.80. The number of aromatic nitrogens is 2. The van der Waals surface area contributed by atoms with Crippen LogP contribution in [0.1, 0.15) is 69.3 Å². The molecule has 0 bridgehead atoms. The lowest BCUT2D eigenvalue weighted by Gasteiger charge is -2.27. The summed E-state index contributed by atoms with van der Waals surface area (Å²) in [6.45, 7) is 6.69. The van der Waals surface area contributed by atoms with Crippen molar-refractivity contribution in [2.45, 2.75) is 64.1 Å². The van der Waals surface area contributed by atoms with Crippen LogP contribution in [0.25, 0.3) is 0 Å². The molecule has 1 heterocycles. The molecule has 1 aromatic heterocycles. The number of benzene rings is 1. The van der Waals surface area contributed by atoms with Crippen molar-refractivity contribution in [3.05, 3.63) is 47.6 Å². The van der Waals surface area contributed by atoms with E-state index in [0.717, 1.165) is 44.3 Å². The maximum absolute atomic E-state index is 12.8. The SMILES string of the molecule is CCN(CC)Cc1nc(C2(NC(=O)CC(N)c3ccccc3)CCCC2)no1. The van der Waals surface area contributed by atoms with E-state index in [2.05, 4.69) is 34.2 Å². The van der Waals surface area contributed by atoms with Gasteiger partial charge >= 0.3 is 0 Å². The summed E-state index contributed by atoms with van der Waals surface area (Å²) in [6, 6.07) is 9.37. The summed E-state index contributed by atoms with van der Waals surface area (Å²) in [7, 11) is 0. The maximum Gasteiger partial charge on any atom is 0.240 e. The molecule has 1 atom stereocenters. The van der Waals surface area contributed by atoms with Crippen LogP contribution in [-0.4, -0.2) is 34.0 Å². The summed E-state index contributed by atoms with van der Waals surface area (Å²) < 4.78 is 5.49. The molecule has 1 fully saturated rings. The van der Waals surface area contributed by atoms with Crippen molar-refractivity contribution in [3.63, 3.8) is 0 Å². The van der Waals surface area contributed by atoms with Gasteiger partial charge in [-0.25, -0.2) is 0 Å². The molecular formula is C21H31N5O2. The number of nitrogens with two attached hydrogens (primary N) is 1. The first-order valence-corrected chi connectivity index (χ1v) is 10.2. The molecule has 0 radical (unpaired) electrons. The lowest BCUT2D eigenvalue weighted by atomic mass is 9.95. The number of nitrogens with one attached hydrogen (secondary N) is 1. The highest BCUT2D eigenvalue weighted by atomic mass is 16.5. The van der Waals surface area contributed by atoms with Crippen molar-refractivity contribution in [2.24, 2.45) is 5.73 Å². The molecule has 3 N–H and O–H groups in total. The Morgan fingerprint density at radius 2 is 1.93 bits per heavy atom. The standard InChI is InChI=1S/C21H31N5O2/c1-3-26(4-2)15-19-23-20(25-28-19)21(12-8-9-13-21)24-18(27)14-17(22)16-10-6-5-7-11-16/h5-7,10-11,17H,3-4,8-9,12-15,22H2,1-2H3,(H,24,27). The topological polar surface area (TPSA) is 97.3 Å². The summed E-state index contributed by atoms with van der Waals surface area (Å²) in [5, 5.41) is 7.41. The van der Waals surface area contributed by atoms with E-state index in [1.807, 2.05) is 30.3 Å². The van der Waals surface area contributed by atoms with Crippen LogP contribution in [0, 0.1) is 0 Å². The third kappa shape index (κ3) is 4.77. The van der Waals surface area contributed by atoms with Crippen molar-refractivity contribution in [1.82, 2.24) is 20.4 Å². The second-order valence-electron chi connectivity index (χ2n) is 7.53. The normalized spacial score (nSPS) is 17.0. The highest BCUT2D eigenvalue weighted by Gasteiger charge is 2.41. The largest absolute Gasteiger partial charge is 0.343 e. The number of hydrogen-bond acceptors (Lipinski definition) is 6. The van der Waals surface area contributed by atoms with E-state index in [1.165, 1.54) is 0 Å². The zero-order valence-electron chi connectivity index (χ0n) is 16.9. The molecule has 7 nitrogen and oxygen atoms in total. The first kappa shape index (κ1) is 20.5. The van der Waals surface area contributed by atoms with E-state index in [0.29, 0.717) is 18.3 Å². The molecule has 3 rings (SSSR count). The average Bonchev–Trinajstić information content (AvgIpc) is 3.37. The minimum atomic E-state index is -0.543. The predicted molar refractivity (Wildman–Crippen MR) is 107 cm³/mol. The minimum absolute atomic E-state index is 0.0756. The summed E-state index contributed by atoms with van der Waals surface area (Å²) in [6.07, 6.45) is 3.94. The van der Waals surface area contributed by atoms with Crippen molar-refractivity contribution < 1.29 is 9.32 Å². The lowest BCUT2D eigenvalue weighted by molar-refractivity contribution is -0.123. The lowest BCUT2D eigenvalue weighted by Crippen LogP contribution is -2.45. The van der Waals surface area contributed by atoms with Crippen molar-refractivity contribution in [2.75, 3.05) is 13.1 Å². The molecule has 2 aromatic rings. The van der Waals surface area contributed by atoms with Gasteiger partial charge in [-0.2, -0.15) is 4.98 Å². The maximum atomic E-state index is 12.8. The van der Waals surface area contributed by atoms with Crippen LogP contribution < -0.4 is 11.1 Å². The van der Waals surface area contributed by atoms with Gasteiger partial charge in [0.2, 0.25) is 11.8 Å². The Bertz CT molecular complexity index is 751. The van der Waals surface area contributed by atoms with Crippen molar-refractivity contribution in [1.29, 1.82) is 0 Å². The van der Waals surface area contributed by atoms with Crippen LogP contribution >= 0.6 is 0 Å². The molecule has 1 amide bonds. The van der Waals surface area contributed by atoms with Gasteiger partial charge in [0, 0.05) is 12.5 Å². The van der Waals surface area contributed by atoms with Crippen LogP contribution in [0.2, 0.25) is 0 Å². The summed E-state index contributed by atoms with van der Waals surface area (Å²) in [5.74, 6) is 1.11. The van der Waals surface area contributed by atoms with Gasteiger partial charge in [0.15, 0.2) is 5.82 Å². The van der Waals surface area contributed by atoms with Crippen LogP contribution in [0.15, 0.2) is 34.9 Å². The highest BCUT2D eigenvalue weighted by molar-refractivity contribution is 5.77. The number of rotatable bonds is 9. The van der Waals surface area contributed by atoms with Gasteiger partial charge in [0.05, 0.1) is 6.54 Å². The molecule has 0 aliphatic heterocycles. The number of nitrogens with zero attached hydrogens (tertiary/aromatic N) is 3. The summed E-state index contributed by atoms with van der Waals surface area (Å²) in [5.41, 5.74) is 6.64. The van der Waals surface area contributed by atoms with E-state index in [4.69, 9.17) is 10.3 Å². The Balaban J connectivity index is 1.68. The molecule has 1 aliphatic rings. The highest BCUT2D eigenvalue weighted by Crippen LogP contribution is 2.37. The van der Waals surface area contributed by atoms with Crippen LogP contribution in [0.4, 0.5) is 0 Å². The van der Waals surface area contributed by atoms with Crippen LogP contribution in [-0.2, 0) is 16.9 Å². The number of carbonyl (C=O) groups is 1. The molecule has 1 saturated carbocycles. The van der Waals surface area contributed by atoms with E-state index in [9.17, 15) is 4.79 Å². The minimum Gasteiger partial charge on any atom is -0.343 e. The third-order valence-corrected chi connectivity index (χ3v) is 5.62. The number of amides is 1. The van der Waals surface area contributed by atoms with Crippen LogP contribution in [0.3, 0.4) is 0 Å². The Labute approximate surface area is 166 Å². The molecular weight excluding hydrogens is 354 g/mol. The fraction of sp³-hybridized carbons (Fsp3) is 0.571. The quantitative estimate of drug-likeness (QED) is 0.689. The summed E-state index contributed by atoms with van der Waals surface area (Å²) >= 11 is 0. The number of carbonyl (C=O) groups excluding carboxylic acids is 1. The Hall–Kier alpha value is -2.25. The monoisotopic (exact) mass is 385 g/mol. The van der Waals surface area contributed by atoms with Crippen LogP contribution in [0.5, 0.6) is 0 Å². The van der Waals surface area contributed by atoms with E-state index in [1.54, 1.807) is 0 Å². The Morgan fingerprint density at radius 3 is 2.57 bits per heavy atom. The molecule has 0 saturated heterocycles. The van der Waals surface area contributed by atoms with Gasteiger partial charge in [-0.1, -0.05) is 62.2 Å². The first-order chi connectivity index (χ1) is 13.6. The van der Waals surface area contributed by atoms with Gasteiger partial charge < -0.3 is 15.6 Å². The first-order valence-electron chi connectivity index (χ1n) is 10.2. The van der Waals surface area contributed by atoms with E-state index < -0.39 is 5.54 Å². The second kappa shape index (κ2) is 9.30. The van der Waals surface area contributed by atoms with Crippen molar-refractivity contribution in [3.8, 4) is 0 Å². The zero-order valence-corrected chi connectivity index (χ0v) is 16.9. The molecule has 1 aromatic carbocycles. The zero-order chi connectivity index (χ0) is 20.0. The second-order valence-corrected chi connectivity index (χ2v) is 7.53. The van der Waals surface area contributed by atoms with Gasteiger partial charge in [-0.05, 0) is 31.5 Å². The molecule has 0 spiro atoms. The van der Waals surface area contributed by atoms with Gasteiger partial charge in [-0.15, -0.1) is 0 Å². The molecule has 1 aliphatic carbocycles. The molecule has 28 heavy (non-hydrogen) atoms. The van der Waals surface area contributed by atoms with Gasteiger partial charge in [0.25, 0.3) is 0 Å². The summed E-state index contributed by atoms with van der Waals surface area (Å²) in [4.78, 5) is 19.6. The average molecular weight is 386 g/mol. The van der Waals surface area contributed by atoms with E-state index in [-0.39, 0.29) is 18.4 Å². The Morgan fingerprint density at radius 1 is 1.25 bits per heavy atom. The van der Waals surface area contributed by atoms with E-state index >= 15 is 0 Å². The fourth-order valence-electron chi connectivity index (χ4n) is 3.87. The smallest absolute Gasteiger partial charge is 0.240 e. The fourth-order valence-corrected chi connectivity index (χ4v) is 3.87. The molecule has 152 valence electrons. The van der Waals surface area contributed by atoms with Crippen molar-refractivity contribution >= 4 is 5.91 Å². The van der Waals surface area contributed by atoms with Gasteiger partial charge in [0.1, 0.15) is 5.54 Å². The third-order valence-electron chi connectivity index (χ3n) is 5.62. The molecule has 7 heteroatoms. The predicted octanol–water partition coefficient (Wildman–Crippen LogP) is 2.89. The molecule has 1 unspecified atom stereocenters. The van der Waals surface area contributed by atoms with Gasteiger partial charge in [-0.3, -0.25) is 9.69 Å². The number of hydrogen-bond donors (Lipinski definition) is 2.